The van der Waals surface area contributed by atoms with Crippen molar-refractivity contribution in [2.45, 2.75) is 27.2 Å². The van der Waals surface area contributed by atoms with Crippen LogP contribution in [0.4, 0.5) is 0 Å². The molecule has 0 unspecified atom stereocenters. The number of aryl methyl sites for hydroxylation is 1. The van der Waals surface area contributed by atoms with Gasteiger partial charge in [-0.3, -0.25) is 0 Å². The van der Waals surface area contributed by atoms with E-state index < -0.39 is 0 Å². The van der Waals surface area contributed by atoms with Gasteiger partial charge in [-0.2, -0.15) is 0 Å². The van der Waals surface area contributed by atoms with Crippen LogP contribution >= 0.6 is 0 Å². The summed E-state index contributed by atoms with van der Waals surface area (Å²) in [5, 5.41) is 0. The summed E-state index contributed by atoms with van der Waals surface area (Å²) in [6.45, 7) is 6.11. The average molecular weight is 212 g/mol. The van der Waals surface area contributed by atoms with Crippen molar-refractivity contribution in [3.8, 4) is 0 Å². The molecule has 0 aromatic heterocycles. The Hall–Kier alpha value is -1.56. The first-order valence-electron chi connectivity index (χ1n) is 5.97. The van der Waals surface area contributed by atoms with E-state index in [0.29, 0.717) is 0 Å². The molecule has 84 valence electrons. The van der Waals surface area contributed by atoms with Gasteiger partial charge in [-0.15, -0.1) is 0 Å². The summed E-state index contributed by atoms with van der Waals surface area (Å²) in [5.41, 5.74) is 3.93. The van der Waals surface area contributed by atoms with Crippen LogP contribution in [0.5, 0.6) is 0 Å². The second-order valence-electron chi connectivity index (χ2n) is 3.55. The second-order valence-corrected chi connectivity index (χ2v) is 3.55. The zero-order valence-electron chi connectivity index (χ0n) is 10.4. The maximum absolute atomic E-state index is 2.25. The van der Waals surface area contributed by atoms with Gasteiger partial charge in [0.25, 0.3) is 0 Å². The van der Waals surface area contributed by atoms with Crippen molar-refractivity contribution in [1.82, 2.24) is 0 Å². The Labute approximate surface area is 99.0 Å². The molecule has 0 atom stereocenters. The van der Waals surface area contributed by atoms with Crippen LogP contribution in [0.1, 0.15) is 31.4 Å². The van der Waals surface area contributed by atoms with Crippen LogP contribution in [0.15, 0.2) is 54.6 Å². The molecule has 0 N–H and O–H groups in total. The molecular weight excluding hydrogens is 192 g/mol. The van der Waals surface area contributed by atoms with Crippen molar-refractivity contribution in [1.29, 1.82) is 0 Å². The quantitative estimate of drug-likeness (QED) is 0.619. The predicted molar refractivity (Wildman–Crippen MR) is 73.4 cm³/mol. The van der Waals surface area contributed by atoms with Crippen molar-refractivity contribution in [3.05, 3.63) is 65.8 Å². The zero-order chi connectivity index (χ0) is 11.8. The SMILES string of the molecule is CC.Cc1ccc(C2=CCC=CC=C2)cc1. The molecule has 0 radical (unpaired) electrons. The highest BCUT2D eigenvalue weighted by atomic mass is 14.0. The molecule has 1 aliphatic rings. The fourth-order valence-corrected chi connectivity index (χ4v) is 1.54. The molecule has 0 heterocycles. The number of hydrogen-bond donors (Lipinski definition) is 0. The van der Waals surface area contributed by atoms with Gasteiger partial charge in [-0.05, 0) is 24.5 Å². The van der Waals surface area contributed by atoms with E-state index in [9.17, 15) is 0 Å². The Morgan fingerprint density at radius 3 is 2.31 bits per heavy atom. The van der Waals surface area contributed by atoms with Crippen LogP contribution in [0.2, 0.25) is 0 Å². The topological polar surface area (TPSA) is 0 Å². The third-order valence-corrected chi connectivity index (χ3v) is 2.38. The van der Waals surface area contributed by atoms with Gasteiger partial charge in [-0.1, -0.05) is 74.1 Å². The lowest BCUT2D eigenvalue weighted by Crippen LogP contribution is -1.80. The van der Waals surface area contributed by atoms with E-state index in [2.05, 4.69) is 61.6 Å². The van der Waals surface area contributed by atoms with Gasteiger partial charge in [0, 0.05) is 0 Å². The molecule has 0 aliphatic heterocycles. The van der Waals surface area contributed by atoms with Crippen molar-refractivity contribution < 1.29 is 0 Å². The minimum atomic E-state index is 1.02. The second kappa shape index (κ2) is 6.84. The number of allylic oxidation sites excluding steroid dienone is 6. The third kappa shape index (κ3) is 3.54. The van der Waals surface area contributed by atoms with Gasteiger partial charge in [0.15, 0.2) is 0 Å². The average Bonchev–Trinajstić information content (AvgIpc) is 2.61. The maximum Gasteiger partial charge on any atom is -0.0157 e. The summed E-state index contributed by atoms with van der Waals surface area (Å²) in [5.74, 6) is 0. The summed E-state index contributed by atoms with van der Waals surface area (Å²) in [7, 11) is 0. The number of hydrogen-bond acceptors (Lipinski definition) is 0. The molecule has 1 aromatic carbocycles. The van der Waals surface area contributed by atoms with Crippen molar-refractivity contribution in [2.24, 2.45) is 0 Å². The molecule has 1 aromatic rings. The molecule has 0 amide bonds. The molecule has 0 saturated carbocycles. The highest BCUT2D eigenvalue weighted by Gasteiger charge is 1.97. The Morgan fingerprint density at radius 2 is 1.62 bits per heavy atom. The fraction of sp³-hybridized carbons (Fsp3) is 0.250. The van der Waals surface area contributed by atoms with Crippen LogP contribution in [0.3, 0.4) is 0 Å². The molecule has 0 bridgehead atoms. The van der Waals surface area contributed by atoms with Gasteiger partial charge >= 0.3 is 0 Å². The zero-order valence-corrected chi connectivity index (χ0v) is 10.4. The number of rotatable bonds is 1. The molecule has 1 aliphatic carbocycles. The molecular formula is C16H20. The van der Waals surface area contributed by atoms with E-state index in [1.807, 2.05) is 13.8 Å². The van der Waals surface area contributed by atoms with Crippen molar-refractivity contribution in [2.75, 3.05) is 0 Å². The Kier molecular flexibility index (Phi) is 5.35. The van der Waals surface area contributed by atoms with E-state index in [0.717, 1.165) is 6.42 Å². The lowest BCUT2D eigenvalue weighted by atomic mass is 10.0. The first kappa shape index (κ1) is 12.5. The minimum absolute atomic E-state index is 1.02. The minimum Gasteiger partial charge on any atom is -0.0807 e. The van der Waals surface area contributed by atoms with Crippen molar-refractivity contribution in [3.63, 3.8) is 0 Å². The highest BCUT2D eigenvalue weighted by Crippen LogP contribution is 2.18. The summed E-state index contributed by atoms with van der Waals surface area (Å²) < 4.78 is 0. The summed E-state index contributed by atoms with van der Waals surface area (Å²) in [4.78, 5) is 0. The first-order chi connectivity index (χ1) is 7.86. The standard InChI is InChI=1S/C14H14.C2H6/c1-12-8-10-14(11-9-12)13-6-4-2-3-5-7-13;1-2/h2-4,6-11H,5H2,1H3;1-2H3. The van der Waals surface area contributed by atoms with E-state index in [1.165, 1.54) is 16.7 Å². The Bertz CT molecular complexity index is 389. The van der Waals surface area contributed by atoms with Crippen LogP contribution in [0.25, 0.3) is 5.57 Å². The highest BCUT2D eigenvalue weighted by molar-refractivity contribution is 5.74. The van der Waals surface area contributed by atoms with E-state index in [-0.39, 0.29) is 0 Å². The lowest BCUT2D eigenvalue weighted by Gasteiger charge is -2.02. The van der Waals surface area contributed by atoms with Crippen LogP contribution in [-0.2, 0) is 0 Å². The van der Waals surface area contributed by atoms with E-state index in [4.69, 9.17) is 0 Å². The molecule has 0 fully saturated rings. The summed E-state index contributed by atoms with van der Waals surface area (Å²) in [6.07, 6.45) is 11.8. The molecule has 0 heteroatoms. The Balaban J connectivity index is 0.000000606. The van der Waals surface area contributed by atoms with E-state index in [1.54, 1.807) is 0 Å². The normalized spacial score (nSPS) is 13.6. The Morgan fingerprint density at radius 1 is 0.938 bits per heavy atom. The largest absolute Gasteiger partial charge is 0.0807 e. The maximum atomic E-state index is 2.25. The smallest absolute Gasteiger partial charge is 0.0157 e. The van der Waals surface area contributed by atoms with Crippen molar-refractivity contribution >= 4 is 5.57 Å². The van der Waals surface area contributed by atoms with Crippen LogP contribution in [0, 0.1) is 6.92 Å². The molecule has 0 spiro atoms. The van der Waals surface area contributed by atoms with Gasteiger partial charge in [0.2, 0.25) is 0 Å². The van der Waals surface area contributed by atoms with Gasteiger partial charge in [-0.25, -0.2) is 0 Å². The van der Waals surface area contributed by atoms with Gasteiger partial charge in [0.05, 0.1) is 0 Å². The predicted octanol–water partition coefficient (Wildman–Crippen LogP) is 4.92. The fourth-order valence-electron chi connectivity index (χ4n) is 1.54. The van der Waals surface area contributed by atoms with Crippen LogP contribution in [-0.4, -0.2) is 0 Å². The number of benzene rings is 1. The molecule has 0 saturated heterocycles. The monoisotopic (exact) mass is 212 g/mol. The first-order valence-corrected chi connectivity index (χ1v) is 5.97. The molecule has 16 heavy (non-hydrogen) atoms. The molecule has 2 rings (SSSR count). The third-order valence-electron chi connectivity index (χ3n) is 2.38. The van der Waals surface area contributed by atoms with E-state index >= 15 is 0 Å². The van der Waals surface area contributed by atoms with Gasteiger partial charge in [0.1, 0.15) is 0 Å². The van der Waals surface area contributed by atoms with Gasteiger partial charge < -0.3 is 0 Å². The molecule has 0 nitrogen and oxygen atoms in total. The summed E-state index contributed by atoms with van der Waals surface area (Å²) in [6, 6.07) is 8.66. The summed E-state index contributed by atoms with van der Waals surface area (Å²) >= 11 is 0. The van der Waals surface area contributed by atoms with Crippen LogP contribution < -0.4 is 0 Å². The lowest BCUT2D eigenvalue weighted by molar-refractivity contribution is 1.40.